The molecule has 0 heterocycles. The molecule has 5 heteroatoms. The van der Waals surface area contributed by atoms with Crippen LogP contribution in [0.5, 0.6) is 5.75 Å². The zero-order valence-corrected chi connectivity index (χ0v) is 11.5. The summed E-state index contributed by atoms with van der Waals surface area (Å²) >= 11 is 4.89. The van der Waals surface area contributed by atoms with E-state index >= 15 is 0 Å². The smallest absolute Gasteiger partial charge is 0.252 e. The van der Waals surface area contributed by atoms with Gasteiger partial charge in [-0.3, -0.25) is 4.79 Å². The third-order valence-corrected chi connectivity index (χ3v) is 3.02. The molecule has 0 fully saturated rings. The van der Waals surface area contributed by atoms with Crippen LogP contribution in [0, 0.1) is 0 Å². The maximum atomic E-state index is 11.3. The molecule has 4 nitrogen and oxygen atoms in total. The number of benzene rings is 2. The summed E-state index contributed by atoms with van der Waals surface area (Å²) in [6.45, 7) is 0.335. The van der Waals surface area contributed by atoms with Crippen LogP contribution in [0.4, 0.5) is 0 Å². The number of nitrogens with two attached hydrogens (primary N) is 2. The van der Waals surface area contributed by atoms with E-state index in [4.69, 9.17) is 28.4 Å². The molecule has 0 aromatic heterocycles. The van der Waals surface area contributed by atoms with Gasteiger partial charge in [0.1, 0.15) is 17.3 Å². The Hall–Kier alpha value is -2.40. The van der Waals surface area contributed by atoms with E-state index in [2.05, 4.69) is 0 Å². The summed E-state index contributed by atoms with van der Waals surface area (Å²) in [6, 6.07) is 14.3. The van der Waals surface area contributed by atoms with E-state index < -0.39 is 5.91 Å². The minimum Gasteiger partial charge on any atom is -0.488 e. The Balaban J connectivity index is 2.09. The van der Waals surface area contributed by atoms with E-state index in [-0.39, 0.29) is 0 Å². The van der Waals surface area contributed by atoms with Crippen molar-refractivity contribution in [1.82, 2.24) is 0 Å². The lowest BCUT2D eigenvalue weighted by molar-refractivity contribution is 0.0996. The number of ether oxygens (including phenoxy) is 1. The molecule has 0 saturated heterocycles. The van der Waals surface area contributed by atoms with Gasteiger partial charge < -0.3 is 16.2 Å². The number of hydrogen-bond donors (Lipinski definition) is 2. The zero-order valence-electron chi connectivity index (χ0n) is 10.7. The summed E-state index contributed by atoms with van der Waals surface area (Å²) in [5, 5.41) is 0. The minimum absolute atomic E-state index is 0.335. The van der Waals surface area contributed by atoms with Gasteiger partial charge in [-0.25, -0.2) is 0 Å². The first kappa shape index (κ1) is 14.0. The molecular formula is C15H14N2O2S. The van der Waals surface area contributed by atoms with Crippen molar-refractivity contribution in [3.63, 3.8) is 0 Å². The van der Waals surface area contributed by atoms with Gasteiger partial charge in [0.2, 0.25) is 0 Å². The van der Waals surface area contributed by atoms with Gasteiger partial charge in [0.05, 0.1) is 5.56 Å². The maximum Gasteiger partial charge on any atom is 0.252 e. The van der Waals surface area contributed by atoms with E-state index in [0.29, 0.717) is 22.9 Å². The molecule has 0 atom stereocenters. The van der Waals surface area contributed by atoms with Gasteiger partial charge in [0, 0.05) is 5.56 Å². The molecule has 1 amide bonds. The summed E-state index contributed by atoms with van der Waals surface area (Å²) < 4.78 is 5.62. The van der Waals surface area contributed by atoms with Crippen LogP contribution >= 0.6 is 12.2 Å². The highest BCUT2D eigenvalue weighted by molar-refractivity contribution is 7.80. The fourth-order valence-corrected chi connectivity index (χ4v) is 1.86. The topological polar surface area (TPSA) is 78.3 Å². The first-order valence-electron chi connectivity index (χ1n) is 5.98. The number of para-hydroxylation sites is 1. The summed E-state index contributed by atoms with van der Waals surface area (Å²) in [7, 11) is 0. The number of primary amides is 1. The van der Waals surface area contributed by atoms with Crippen LogP contribution in [0.15, 0.2) is 48.5 Å². The van der Waals surface area contributed by atoms with Crippen LogP contribution in [-0.4, -0.2) is 10.9 Å². The monoisotopic (exact) mass is 286 g/mol. The molecular weight excluding hydrogens is 272 g/mol. The molecule has 2 aromatic rings. The second-order valence-corrected chi connectivity index (χ2v) is 4.65. The number of carbonyl (C=O) groups is 1. The fourth-order valence-electron chi connectivity index (χ4n) is 1.72. The second-order valence-electron chi connectivity index (χ2n) is 4.21. The Morgan fingerprint density at radius 2 is 1.70 bits per heavy atom. The molecule has 2 aromatic carbocycles. The van der Waals surface area contributed by atoms with E-state index in [1.165, 1.54) is 0 Å². The van der Waals surface area contributed by atoms with Crippen molar-refractivity contribution in [2.45, 2.75) is 6.61 Å². The van der Waals surface area contributed by atoms with E-state index in [9.17, 15) is 4.79 Å². The quantitative estimate of drug-likeness (QED) is 0.824. The summed E-state index contributed by atoms with van der Waals surface area (Å²) in [6.07, 6.45) is 0. The van der Waals surface area contributed by atoms with Gasteiger partial charge in [0.15, 0.2) is 0 Å². The number of thiocarbonyl (C=S) groups is 1. The first-order valence-corrected chi connectivity index (χ1v) is 6.39. The van der Waals surface area contributed by atoms with Gasteiger partial charge in [-0.1, -0.05) is 48.6 Å². The molecule has 0 aliphatic heterocycles. The predicted molar refractivity (Wildman–Crippen MR) is 81.6 cm³/mol. The Bertz CT molecular complexity index is 639. The average Bonchev–Trinajstić information content (AvgIpc) is 2.45. The lowest BCUT2D eigenvalue weighted by Crippen LogP contribution is -2.13. The normalized spacial score (nSPS) is 10.0. The molecule has 4 N–H and O–H groups in total. The van der Waals surface area contributed by atoms with Gasteiger partial charge in [-0.2, -0.15) is 0 Å². The molecule has 0 spiro atoms. The molecule has 0 unspecified atom stereocenters. The summed E-state index contributed by atoms with van der Waals surface area (Å²) in [4.78, 5) is 11.6. The highest BCUT2D eigenvalue weighted by Gasteiger charge is 2.08. The molecule has 0 saturated carbocycles. The second kappa shape index (κ2) is 6.16. The van der Waals surface area contributed by atoms with Gasteiger partial charge in [0.25, 0.3) is 5.91 Å². The van der Waals surface area contributed by atoms with Crippen LogP contribution in [0.25, 0.3) is 0 Å². The summed E-state index contributed by atoms with van der Waals surface area (Å²) in [5.41, 5.74) is 12.9. The van der Waals surface area contributed by atoms with Crippen molar-refractivity contribution >= 4 is 23.1 Å². The average molecular weight is 286 g/mol. The highest BCUT2D eigenvalue weighted by Crippen LogP contribution is 2.18. The molecule has 2 rings (SSSR count). The number of amides is 1. The van der Waals surface area contributed by atoms with Crippen LogP contribution in [0.1, 0.15) is 21.5 Å². The van der Waals surface area contributed by atoms with Gasteiger partial charge >= 0.3 is 0 Å². The summed E-state index contributed by atoms with van der Waals surface area (Å²) in [5.74, 6) is -0.0390. The highest BCUT2D eigenvalue weighted by atomic mass is 32.1. The zero-order chi connectivity index (χ0) is 14.5. The van der Waals surface area contributed by atoms with Crippen molar-refractivity contribution in [3.8, 4) is 5.75 Å². The number of hydrogen-bond acceptors (Lipinski definition) is 3. The van der Waals surface area contributed by atoms with E-state index in [1.807, 2.05) is 24.3 Å². The predicted octanol–water partition coefficient (Wildman–Crippen LogP) is 2.00. The standard InChI is InChI=1S/C15H14N2O2S/c16-14(18)12-3-1-2-4-13(12)19-9-10-5-7-11(8-6-10)15(17)20/h1-8H,9H2,(H2,16,18)(H2,17,20). The fraction of sp³-hybridized carbons (Fsp3) is 0.0667. The molecule has 0 bridgehead atoms. The molecule has 0 aliphatic rings. The minimum atomic E-state index is -0.510. The Kier molecular flexibility index (Phi) is 4.32. The Morgan fingerprint density at radius 3 is 2.30 bits per heavy atom. The molecule has 20 heavy (non-hydrogen) atoms. The molecule has 102 valence electrons. The van der Waals surface area contributed by atoms with E-state index in [1.54, 1.807) is 24.3 Å². The number of carbonyl (C=O) groups excluding carboxylic acids is 1. The first-order chi connectivity index (χ1) is 9.58. The van der Waals surface area contributed by atoms with Crippen molar-refractivity contribution in [1.29, 1.82) is 0 Å². The molecule has 0 aliphatic carbocycles. The van der Waals surface area contributed by atoms with Crippen molar-refractivity contribution in [2.24, 2.45) is 11.5 Å². The number of rotatable bonds is 5. The SMILES string of the molecule is NC(=O)c1ccccc1OCc1ccc(C(N)=S)cc1. The van der Waals surface area contributed by atoms with E-state index in [0.717, 1.165) is 11.1 Å². The van der Waals surface area contributed by atoms with Crippen molar-refractivity contribution in [3.05, 3.63) is 65.2 Å². The van der Waals surface area contributed by atoms with Crippen LogP contribution in [0.3, 0.4) is 0 Å². The lowest BCUT2D eigenvalue weighted by Gasteiger charge is -2.09. The third-order valence-electron chi connectivity index (χ3n) is 2.79. The van der Waals surface area contributed by atoms with Crippen molar-refractivity contribution in [2.75, 3.05) is 0 Å². The third kappa shape index (κ3) is 3.33. The lowest BCUT2D eigenvalue weighted by atomic mass is 10.1. The van der Waals surface area contributed by atoms with Gasteiger partial charge in [-0.05, 0) is 17.7 Å². The maximum absolute atomic E-state index is 11.3. The van der Waals surface area contributed by atoms with Gasteiger partial charge in [-0.15, -0.1) is 0 Å². The van der Waals surface area contributed by atoms with Crippen LogP contribution in [-0.2, 0) is 6.61 Å². The van der Waals surface area contributed by atoms with Crippen LogP contribution < -0.4 is 16.2 Å². The Labute approximate surface area is 122 Å². The Morgan fingerprint density at radius 1 is 1.05 bits per heavy atom. The molecule has 0 radical (unpaired) electrons. The largest absolute Gasteiger partial charge is 0.488 e. The van der Waals surface area contributed by atoms with Crippen molar-refractivity contribution < 1.29 is 9.53 Å². The van der Waals surface area contributed by atoms with Crippen LogP contribution in [0.2, 0.25) is 0 Å².